The third kappa shape index (κ3) is 4.82. The number of methoxy groups -OCH3 is 1. The molecule has 0 fully saturated rings. The lowest BCUT2D eigenvalue weighted by molar-refractivity contribution is -0.192. The van der Waals surface area contributed by atoms with E-state index in [1.54, 1.807) is 24.3 Å². The maximum atomic E-state index is 12.5. The fraction of sp³-hybridized carbons (Fsp3) is 0.462. The Balaban J connectivity index is 2.61. The maximum Gasteiger partial charge on any atom is 0.403 e. The molecule has 20 heavy (non-hydrogen) atoms. The highest BCUT2D eigenvalue weighted by Crippen LogP contribution is 2.26. The van der Waals surface area contributed by atoms with Gasteiger partial charge < -0.3 is 15.2 Å². The van der Waals surface area contributed by atoms with Crippen LogP contribution in [0.25, 0.3) is 0 Å². The molecule has 1 rings (SSSR count). The SMILES string of the molecule is COCc1ccccc1CNCC(C(=O)O)C(F)(F)F. The van der Waals surface area contributed by atoms with Crippen molar-refractivity contribution < 1.29 is 27.8 Å². The summed E-state index contributed by atoms with van der Waals surface area (Å²) < 4.78 is 42.4. The molecule has 4 nitrogen and oxygen atoms in total. The predicted octanol–water partition coefficient (Wildman–Crippen LogP) is 2.19. The number of benzene rings is 1. The summed E-state index contributed by atoms with van der Waals surface area (Å²) >= 11 is 0. The Bertz CT molecular complexity index is 449. The van der Waals surface area contributed by atoms with Gasteiger partial charge in [0.2, 0.25) is 0 Å². The molecule has 0 saturated carbocycles. The first-order valence-corrected chi connectivity index (χ1v) is 5.92. The zero-order valence-electron chi connectivity index (χ0n) is 10.9. The topological polar surface area (TPSA) is 58.6 Å². The van der Waals surface area contributed by atoms with Crippen LogP contribution >= 0.6 is 0 Å². The van der Waals surface area contributed by atoms with E-state index in [4.69, 9.17) is 9.84 Å². The van der Waals surface area contributed by atoms with Gasteiger partial charge in [0.25, 0.3) is 0 Å². The zero-order chi connectivity index (χ0) is 15.2. The minimum absolute atomic E-state index is 0.152. The smallest absolute Gasteiger partial charge is 0.403 e. The normalized spacial score (nSPS) is 13.2. The number of carbonyl (C=O) groups is 1. The molecule has 2 N–H and O–H groups in total. The second-order valence-electron chi connectivity index (χ2n) is 4.27. The monoisotopic (exact) mass is 291 g/mol. The molecule has 1 atom stereocenters. The molecular weight excluding hydrogens is 275 g/mol. The van der Waals surface area contributed by atoms with Crippen LogP contribution in [-0.2, 0) is 22.7 Å². The van der Waals surface area contributed by atoms with Gasteiger partial charge in [-0.15, -0.1) is 0 Å². The Morgan fingerprint density at radius 1 is 1.35 bits per heavy atom. The highest BCUT2D eigenvalue weighted by atomic mass is 19.4. The molecule has 7 heteroatoms. The third-order valence-electron chi connectivity index (χ3n) is 2.78. The van der Waals surface area contributed by atoms with Crippen molar-refractivity contribution in [2.45, 2.75) is 19.3 Å². The highest BCUT2D eigenvalue weighted by Gasteiger charge is 2.44. The highest BCUT2D eigenvalue weighted by molar-refractivity contribution is 5.71. The van der Waals surface area contributed by atoms with Gasteiger partial charge in [-0.3, -0.25) is 4.79 Å². The van der Waals surface area contributed by atoms with Crippen molar-refractivity contribution in [3.8, 4) is 0 Å². The summed E-state index contributed by atoms with van der Waals surface area (Å²) in [5.74, 6) is -4.28. The van der Waals surface area contributed by atoms with E-state index < -0.39 is 24.6 Å². The van der Waals surface area contributed by atoms with Crippen molar-refractivity contribution in [1.82, 2.24) is 5.32 Å². The predicted molar refractivity (Wildman–Crippen MR) is 66.0 cm³/mol. The van der Waals surface area contributed by atoms with Crippen molar-refractivity contribution in [3.05, 3.63) is 35.4 Å². The van der Waals surface area contributed by atoms with Gasteiger partial charge in [0.05, 0.1) is 6.61 Å². The summed E-state index contributed by atoms with van der Waals surface area (Å²) in [6.07, 6.45) is -4.76. The molecular formula is C13H16F3NO3. The lowest BCUT2D eigenvalue weighted by Crippen LogP contribution is -2.39. The Hall–Kier alpha value is -1.60. The van der Waals surface area contributed by atoms with Crippen LogP contribution in [0.2, 0.25) is 0 Å². The molecule has 1 unspecified atom stereocenters. The van der Waals surface area contributed by atoms with Crippen LogP contribution in [-0.4, -0.2) is 30.9 Å². The quantitative estimate of drug-likeness (QED) is 0.808. The Morgan fingerprint density at radius 3 is 2.45 bits per heavy atom. The van der Waals surface area contributed by atoms with Crippen molar-refractivity contribution in [2.75, 3.05) is 13.7 Å². The summed E-state index contributed by atoms with van der Waals surface area (Å²) in [5, 5.41) is 11.1. The van der Waals surface area contributed by atoms with Crippen molar-refractivity contribution in [1.29, 1.82) is 0 Å². The van der Waals surface area contributed by atoms with E-state index in [-0.39, 0.29) is 6.54 Å². The van der Waals surface area contributed by atoms with Crippen molar-refractivity contribution >= 4 is 5.97 Å². The van der Waals surface area contributed by atoms with Crippen LogP contribution in [0.5, 0.6) is 0 Å². The molecule has 0 heterocycles. The van der Waals surface area contributed by atoms with Crippen LogP contribution in [0, 0.1) is 5.92 Å². The first-order chi connectivity index (χ1) is 9.36. The standard InChI is InChI=1S/C13H16F3NO3/c1-20-8-10-5-3-2-4-9(10)6-17-7-11(12(18)19)13(14,15)16/h2-5,11,17H,6-8H2,1H3,(H,18,19). The molecule has 0 bridgehead atoms. The maximum absolute atomic E-state index is 12.5. The second-order valence-corrected chi connectivity index (χ2v) is 4.27. The van der Waals surface area contributed by atoms with Crippen molar-refractivity contribution in [3.63, 3.8) is 0 Å². The summed E-state index contributed by atoms with van der Waals surface area (Å²) in [7, 11) is 1.52. The third-order valence-corrected chi connectivity index (χ3v) is 2.78. The Labute approximate surface area is 114 Å². The van der Waals surface area contributed by atoms with Gasteiger partial charge in [-0.2, -0.15) is 13.2 Å². The fourth-order valence-corrected chi connectivity index (χ4v) is 1.72. The van der Waals surface area contributed by atoms with Gasteiger partial charge in [0.15, 0.2) is 5.92 Å². The molecule has 0 aliphatic heterocycles. The largest absolute Gasteiger partial charge is 0.481 e. The van der Waals surface area contributed by atoms with Gasteiger partial charge >= 0.3 is 12.1 Å². The molecule has 0 amide bonds. The van der Waals surface area contributed by atoms with E-state index in [0.717, 1.165) is 11.1 Å². The van der Waals surface area contributed by atoms with E-state index in [0.29, 0.717) is 6.61 Å². The van der Waals surface area contributed by atoms with Gasteiger partial charge in [-0.05, 0) is 11.1 Å². The number of hydrogen-bond acceptors (Lipinski definition) is 3. The average Bonchev–Trinajstić information content (AvgIpc) is 2.34. The molecule has 1 aromatic carbocycles. The first-order valence-electron chi connectivity index (χ1n) is 5.92. The van der Waals surface area contributed by atoms with Gasteiger partial charge in [-0.1, -0.05) is 24.3 Å². The first kappa shape index (κ1) is 16.5. The van der Waals surface area contributed by atoms with Crippen LogP contribution in [0.3, 0.4) is 0 Å². The van der Waals surface area contributed by atoms with E-state index in [2.05, 4.69) is 5.32 Å². The number of ether oxygens (including phenoxy) is 1. The number of nitrogens with one attached hydrogen (secondary N) is 1. The number of hydrogen-bond donors (Lipinski definition) is 2. The van der Waals surface area contributed by atoms with Gasteiger partial charge in [-0.25, -0.2) is 0 Å². The number of alkyl halides is 3. The molecule has 1 aromatic rings. The van der Waals surface area contributed by atoms with Crippen LogP contribution in [0.15, 0.2) is 24.3 Å². The number of carboxylic acid groups (broad SMARTS) is 1. The molecule has 0 aliphatic rings. The molecule has 0 radical (unpaired) electrons. The molecule has 112 valence electrons. The van der Waals surface area contributed by atoms with Gasteiger partial charge in [0.1, 0.15) is 0 Å². The summed E-state index contributed by atoms with van der Waals surface area (Å²) in [4.78, 5) is 10.6. The molecule has 0 aliphatic carbocycles. The number of carboxylic acids is 1. The van der Waals surface area contributed by atoms with Crippen LogP contribution in [0.1, 0.15) is 11.1 Å². The zero-order valence-corrected chi connectivity index (χ0v) is 10.9. The summed E-state index contributed by atoms with van der Waals surface area (Å²) in [6.45, 7) is -0.168. The number of halogens is 3. The van der Waals surface area contributed by atoms with E-state index in [1.165, 1.54) is 7.11 Å². The number of rotatable bonds is 7. The summed E-state index contributed by atoms with van der Waals surface area (Å²) in [6, 6.07) is 7.12. The van der Waals surface area contributed by atoms with E-state index >= 15 is 0 Å². The molecule has 0 spiro atoms. The Morgan fingerprint density at radius 2 is 1.95 bits per heavy atom. The van der Waals surface area contributed by atoms with Gasteiger partial charge in [0, 0.05) is 20.2 Å². The lowest BCUT2D eigenvalue weighted by Gasteiger charge is -2.17. The Kier molecular flexibility index (Phi) is 5.97. The van der Waals surface area contributed by atoms with Crippen LogP contribution in [0.4, 0.5) is 13.2 Å². The lowest BCUT2D eigenvalue weighted by atomic mass is 10.1. The average molecular weight is 291 g/mol. The second kappa shape index (κ2) is 7.25. The minimum atomic E-state index is -4.76. The fourth-order valence-electron chi connectivity index (χ4n) is 1.72. The van der Waals surface area contributed by atoms with E-state index in [9.17, 15) is 18.0 Å². The molecule has 0 saturated heterocycles. The van der Waals surface area contributed by atoms with Crippen molar-refractivity contribution in [2.24, 2.45) is 5.92 Å². The summed E-state index contributed by atoms with van der Waals surface area (Å²) in [5.41, 5.74) is 1.63. The number of aliphatic carboxylic acids is 1. The van der Waals surface area contributed by atoms with Crippen LogP contribution < -0.4 is 5.32 Å². The molecule has 0 aromatic heterocycles. The minimum Gasteiger partial charge on any atom is -0.481 e. The van der Waals surface area contributed by atoms with E-state index in [1.807, 2.05) is 0 Å².